The van der Waals surface area contributed by atoms with Crippen molar-refractivity contribution >= 4 is 5.91 Å². The van der Waals surface area contributed by atoms with Crippen LogP contribution in [0, 0.1) is 0 Å². The van der Waals surface area contributed by atoms with Gasteiger partial charge in [0.05, 0.1) is 0 Å². The number of hydrogen-bond acceptors (Lipinski definition) is 3. The Morgan fingerprint density at radius 2 is 2.08 bits per heavy atom. The molecule has 4 heteroatoms. The van der Waals surface area contributed by atoms with Crippen LogP contribution in [0.5, 0.6) is 0 Å². The van der Waals surface area contributed by atoms with Crippen LogP contribution in [-0.4, -0.2) is 37.3 Å². The van der Waals surface area contributed by atoms with E-state index in [1.165, 1.54) is 0 Å². The van der Waals surface area contributed by atoms with Gasteiger partial charge in [0.1, 0.15) is 0 Å². The Bertz CT molecular complexity index is 129. The van der Waals surface area contributed by atoms with Gasteiger partial charge in [-0.15, -0.1) is 0 Å². The molecule has 78 valence electrons. The number of aliphatic hydroxyl groups excluding tert-OH is 1. The predicted molar refractivity (Wildman–Crippen MR) is 52.5 cm³/mol. The molecule has 0 aromatic rings. The summed E-state index contributed by atoms with van der Waals surface area (Å²) in [7, 11) is 0. The SMILES string of the molecule is CCNCCC(=O)NCCCCO. The molecule has 0 aliphatic rings. The molecule has 0 saturated carbocycles. The van der Waals surface area contributed by atoms with Crippen molar-refractivity contribution in [2.45, 2.75) is 26.2 Å². The Morgan fingerprint density at radius 3 is 2.69 bits per heavy atom. The molecule has 0 rings (SSSR count). The number of rotatable bonds is 8. The van der Waals surface area contributed by atoms with E-state index in [9.17, 15) is 4.79 Å². The Hall–Kier alpha value is -0.610. The fourth-order valence-electron chi connectivity index (χ4n) is 0.932. The van der Waals surface area contributed by atoms with E-state index in [0.29, 0.717) is 13.0 Å². The van der Waals surface area contributed by atoms with Gasteiger partial charge >= 0.3 is 0 Å². The number of amides is 1. The van der Waals surface area contributed by atoms with Crippen LogP contribution in [0.2, 0.25) is 0 Å². The van der Waals surface area contributed by atoms with E-state index in [0.717, 1.165) is 25.9 Å². The van der Waals surface area contributed by atoms with Crippen LogP contribution in [0.4, 0.5) is 0 Å². The Labute approximate surface area is 79.7 Å². The zero-order chi connectivity index (χ0) is 9.94. The summed E-state index contributed by atoms with van der Waals surface area (Å²) in [6, 6.07) is 0. The average Bonchev–Trinajstić information content (AvgIpc) is 2.13. The highest BCUT2D eigenvalue weighted by Gasteiger charge is 1.98. The molecule has 0 radical (unpaired) electrons. The van der Waals surface area contributed by atoms with Gasteiger partial charge in [-0.3, -0.25) is 4.79 Å². The lowest BCUT2D eigenvalue weighted by molar-refractivity contribution is -0.121. The first-order valence-electron chi connectivity index (χ1n) is 4.89. The molecule has 0 fully saturated rings. The van der Waals surface area contributed by atoms with Crippen molar-refractivity contribution in [3.8, 4) is 0 Å². The van der Waals surface area contributed by atoms with Crippen molar-refractivity contribution in [3.63, 3.8) is 0 Å². The standard InChI is InChI=1S/C9H20N2O2/c1-2-10-7-5-9(13)11-6-3-4-8-12/h10,12H,2-8H2,1H3,(H,11,13). The van der Waals surface area contributed by atoms with Crippen LogP contribution in [0.15, 0.2) is 0 Å². The molecule has 0 atom stereocenters. The van der Waals surface area contributed by atoms with Gasteiger partial charge in [-0.2, -0.15) is 0 Å². The molecule has 0 spiro atoms. The maximum atomic E-state index is 11.1. The second-order valence-electron chi connectivity index (χ2n) is 2.88. The van der Waals surface area contributed by atoms with E-state index in [4.69, 9.17) is 5.11 Å². The van der Waals surface area contributed by atoms with Crippen molar-refractivity contribution < 1.29 is 9.90 Å². The second-order valence-corrected chi connectivity index (χ2v) is 2.88. The quantitative estimate of drug-likeness (QED) is 0.465. The summed E-state index contributed by atoms with van der Waals surface area (Å²) in [4.78, 5) is 11.1. The molecular formula is C9H20N2O2. The van der Waals surface area contributed by atoms with Gasteiger partial charge in [-0.05, 0) is 19.4 Å². The summed E-state index contributed by atoms with van der Waals surface area (Å²) < 4.78 is 0. The summed E-state index contributed by atoms with van der Waals surface area (Å²) in [5, 5.41) is 14.3. The van der Waals surface area contributed by atoms with Gasteiger partial charge in [-0.1, -0.05) is 6.92 Å². The van der Waals surface area contributed by atoms with Crippen molar-refractivity contribution in [2.24, 2.45) is 0 Å². The summed E-state index contributed by atoms with van der Waals surface area (Å²) in [5.74, 6) is 0.0823. The molecule has 4 nitrogen and oxygen atoms in total. The van der Waals surface area contributed by atoms with E-state index < -0.39 is 0 Å². The van der Waals surface area contributed by atoms with Crippen LogP contribution in [0.1, 0.15) is 26.2 Å². The molecular weight excluding hydrogens is 168 g/mol. The predicted octanol–water partition coefficient (Wildman–Crippen LogP) is -0.125. The molecule has 1 amide bonds. The summed E-state index contributed by atoms with van der Waals surface area (Å²) in [6.45, 7) is 4.53. The lowest BCUT2D eigenvalue weighted by Gasteiger charge is -2.04. The molecule has 0 aromatic heterocycles. The number of carbonyl (C=O) groups excluding carboxylic acids is 1. The summed E-state index contributed by atoms with van der Waals surface area (Å²) >= 11 is 0. The first-order valence-corrected chi connectivity index (χ1v) is 4.89. The molecule has 0 unspecified atom stereocenters. The highest BCUT2D eigenvalue weighted by molar-refractivity contribution is 5.75. The molecule has 0 aromatic carbocycles. The van der Waals surface area contributed by atoms with E-state index in [1.807, 2.05) is 6.92 Å². The number of aliphatic hydroxyl groups is 1. The zero-order valence-electron chi connectivity index (χ0n) is 8.31. The van der Waals surface area contributed by atoms with Crippen molar-refractivity contribution in [1.29, 1.82) is 0 Å². The first-order chi connectivity index (χ1) is 6.31. The minimum Gasteiger partial charge on any atom is -0.396 e. The molecule has 13 heavy (non-hydrogen) atoms. The number of hydrogen-bond donors (Lipinski definition) is 3. The molecule has 0 heterocycles. The maximum absolute atomic E-state index is 11.1. The van der Waals surface area contributed by atoms with Crippen molar-refractivity contribution in [3.05, 3.63) is 0 Å². The average molecular weight is 188 g/mol. The molecule has 0 bridgehead atoms. The minimum atomic E-state index is 0.0823. The van der Waals surface area contributed by atoms with E-state index in [-0.39, 0.29) is 12.5 Å². The smallest absolute Gasteiger partial charge is 0.221 e. The lowest BCUT2D eigenvalue weighted by Crippen LogP contribution is -2.28. The van der Waals surface area contributed by atoms with Gasteiger partial charge < -0.3 is 15.7 Å². The number of carbonyl (C=O) groups is 1. The lowest BCUT2D eigenvalue weighted by atomic mass is 10.3. The highest BCUT2D eigenvalue weighted by atomic mass is 16.2. The second kappa shape index (κ2) is 9.48. The van der Waals surface area contributed by atoms with E-state index in [2.05, 4.69) is 10.6 Å². The highest BCUT2D eigenvalue weighted by Crippen LogP contribution is 1.84. The molecule has 0 saturated heterocycles. The van der Waals surface area contributed by atoms with Gasteiger partial charge in [0.2, 0.25) is 5.91 Å². The topological polar surface area (TPSA) is 61.4 Å². The van der Waals surface area contributed by atoms with Crippen molar-refractivity contribution in [2.75, 3.05) is 26.2 Å². The fourth-order valence-corrected chi connectivity index (χ4v) is 0.932. The van der Waals surface area contributed by atoms with Gasteiger partial charge in [0.15, 0.2) is 0 Å². The third-order valence-electron chi connectivity index (χ3n) is 1.69. The minimum absolute atomic E-state index is 0.0823. The molecule has 3 N–H and O–H groups in total. The molecule has 0 aliphatic heterocycles. The molecule has 0 aliphatic carbocycles. The van der Waals surface area contributed by atoms with Crippen LogP contribution in [0.3, 0.4) is 0 Å². The first kappa shape index (κ1) is 12.4. The fraction of sp³-hybridized carbons (Fsp3) is 0.889. The number of nitrogens with one attached hydrogen (secondary N) is 2. The Morgan fingerprint density at radius 1 is 1.31 bits per heavy atom. The van der Waals surface area contributed by atoms with Crippen LogP contribution in [0.25, 0.3) is 0 Å². The van der Waals surface area contributed by atoms with Crippen LogP contribution in [-0.2, 0) is 4.79 Å². The Balaban J connectivity index is 3.11. The van der Waals surface area contributed by atoms with Crippen LogP contribution < -0.4 is 10.6 Å². The summed E-state index contributed by atoms with van der Waals surface area (Å²) in [5.41, 5.74) is 0. The van der Waals surface area contributed by atoms with Gasteiger partial charge in [0.25, 0.3) is 0 Å². The van der Waals surface area contributed by atoms with E-state index in [1.54, 1.807) is 0 Å². The van der Waals surface area contributed by atoms with Crippen LogP contribution >= 0.6 is 0 Å². The number of unbranched alkanes of at least 4 members (excludes halogenated alkanes) is 1. The van der Waals surface area contributed by atoms with Crippen molar-refractivity contribution in [1.82, 2.24) is 10.6 Å². The maximum Gasteiger partial charge on any atom is 0.221 e. The summed E-state index contributed by atoms with van der Waals surface area (Å²) in [6.07, 6.45) is 2.14. The third kappa shape index (κ3) is 9.30. The van der Waals surface area contributed by atoms with Gasteiger partial charge in [-0.25, -0.2) is 0 Å². The monoisotopic (exact) mass is 188 g/mol. The third-order valence-corrected chi connectivity index (χ3v) is 1.69. The largest absolute Gasteiger partial charge is 0.396 e. The zero-order valence-corrected chi connectivity index (χ0v) is 8.31. The Kier molecular flexibility index (Phi) is 9.03. The normalized spacial score (nSPS) is 10.0. The van der Waals surface area contributed by atoms with E-state index >= 15 is 0 Å². The van der Waals surface area contributed by atoms with Gasteiger partial charge in [0, 0.05) is 26.1 Å².